The zero-order valence-corrected chi connectivity index (χ0v) is 13.9. The van der Waals surface area contributed by atoms with Crippen molar-refractivity contribution >= 4 is 0 Å². The number of hydrogen-bond donors (Lipinski definition) is 3. The number of para-hydroxylation sites is 1. The Kier molecular flexibility index (Phi) is 5.10. The number of rotatable bonds is 6. The monoisotopic (exact) mass is 314 g/mol. The SMILES string of the molecule is CC(C)c1nn(-c2ccccc2)cc1CNCC1CNCC1O. The Morgan fingerprint density at radius 2 is 2.09 bits per heavy atom. The summed E-state index contributed by atoms with van der Waals surface area (Å²) < 4.78 is 1.96. The van der Waals surface area contributed by atoms with E-state index in [0.29, 0.717) is 18.4 Å². The Morgan fingerprint density at radius 1 is 1.30 bits per heavy atom. The molecule has 1 saturated heterocycles. The summed E-state index contributed by atoms with van der Waals surface area (Å²) >= 11 is 0. The highest BCUT2D eigenvalue weighted by Crippen LogP contribution is 2.20. The molecule has 124 valence electrons. The van der Waals surface area contributed by atoms with Gasteiger partial charge in [-0.05, 0) is 18.1 Å². The number of aromatic nitrogens is 2. The second-order valence-electron chi connectivity index (χ2n) is 6.59. The van der Waals surface area contributed by atoms with Gasteiger partial charge in [0.25, 0.3) is 0 Å². The van der Waals surface area contributed by atoms with Crippen LogP contribution in [0.4, 0.5) is 0 Å². The van der Waals surface area contributed by atoms with Crippen LogP contribution in [0, 0.1) is 5.92 Å². The first-order valence-electron chi connectivity index (χ1n) is 8.38. The summed E-state index contributed by atoms with van der Waals surface area (Å²) in [6.07, 6.45) is 1.88. The summed E-state index contributed by atoms with van der Waals surface area (Å²) in [5.74, 6) is 0.678. The van der Waals surface area contributed by atoms with Crippen molar-refractivity contribution in [3.63, 3.8) is 0 Å². The van der Waals surface area contributed by atoms with Gasteiger partial charge in [0.2, 0.25) is 0 Å². The maximum absolute atomic E-state index is 9.86. The van der Waals surface area contributed by atoms with E-state index >= 15 is 0 Å². The molecule has 1 aliphatic heterocycles. The van der Waals surface area contributed by atoms with Crippen LogP contribution >= 0.6 is 0 Å². The maximum atomic E-state index is 9.86. The van der Waals surface area contributed by atoms with Crippen molar-refractivity contribution in [3.05, 3.63) is 47.8 Å². The predicted molar refractivity (Wildman–Crippen MR) is 91.7 cm³/mol. The van der Waals surface area contributed by atoms with E-state index in [1.165, 1.54) is 5.56 Å². The van der Waals surface area contributed by atoms with E-state index in [2.05, 4.69) is 42.8 Å². The van der Waals surface area contributed by atoms with Crippen LogP contribution in [0.2, 0.25) is 0 Å². The lowest BCUT2D eigenvalue weighted by Gasteiger charge is -2.14. The van der Waals surface area contributed by atoms with Crippen molar-refractivity contribution < 1.29 is 5.11 Å². The quantitative estimate of drug-likeness (QED) is 0.759. The van der Waals surface area contributed by atoms with Crippen molar-refractivity contribution in [1.82, 2.24) is 20.4 Å². The third kappa shape index (κ3) is 3.80. The zero-order chi connectivity index (χ0) is 16.2. The molecule has 0 bridgehead atoms. The molecule has 0 spiro atoms. The minimum atomic E-state index is -0.237. The number of aliphatic hydroxyl groups is 1. The number of β-amino-alcohol motifs (C(OH)–C–C–N with tert-alkyl or cyclic N) is 1. The third-order valence-electron chi connectivity index (χ3n) is 4.42. The Morgan fingerprint density at radius 3 is 2.74 bits per heavy atom. The fourth-order valence-corrected chi connectivity index (χ4v) is 3.08. The average Bonchev–Trinajstić information content (AvgIpc) is 3.15. The summed E-state index contributed by atoms with van der Waals surface area (Å²) in [6.45, 7) is 7.54. The number of nitrogens with zero attached hydrogens (tertiary/aromatic N) is 2. The van der Waals surface area contributed by atoms with Crippen LogP contribution in [-0.2, 0) is 6.54 Å². The molecule has 0 aliphatic carbocycles. The van der Waals surface area contributed by atoms with Gasteiger partial charge in [0.1, 0.15) is 0 Å². The summed E-state index contributed by atoms with van der Waals surface area (Å²) in [6, 6.07) is 10.2. The first-order chi connectivity index (χ1) is 11.1. The van der Waals surface area contributed by atoms with Gasteiger partial charge in [0.05, 0.1) is 17.5 Å². The van der Waals surface area contributed by atoms with Crippen molar-refractivity contribution in [2.45, 2.75) is 32.4 Å². The van der Waals surface area contributed by atoms with Gasteiger partial charge in [-0.3, -0.25) is 0 Å². The van der Waals surface area contributed by atoms with Crippen LogP contribution in [0.1, 0.15) is 31.0 Å². The number of aliphatic hydroxyl groups excluding tert-OH is 1. The molecule has 5 heteroatoms. The van der Waals surface area contributed by atoms with E-state index in [4.69, 9.17) is 5.10 Å². The Hall–Kier alpha value is -1.69. The minimum Gasteiger partial charge on any atom is -0.391 e. The zero-order valence-electron chi connectivity index (χ0n) is 13.9. The molecule has 2 aromatic rings. The van der Waals surface area contributed by atoms with Crippen molar-refractivity contribution in [2.75, 3.05) is 19.6 Å². The van der Waals surface area contributed by atoms with E-state index in [1.54, 1.807) is 0 Å². The van der Waals surface area contributed by atoms with Gasteiger partial charge in [-0.2, -0.15) is 5.10 Å². The molecule has 0 saturated carbocycles. The van der Waals surface area contributed by atoms with Crippen LogP contribution < -0.4 is 10.6 Å². The molecule has 23 heavy (non-hydrogen) atoms. The molecule has 5 nitrogen and oxygen atoms in total. The highest BCUT2D eigenvalue weighted by Gasteiger charge is 2.24. The van der Waals surface area contributed by atoms with Crippen molar-refractivity contribution in [2.24, 2.45) is 5.92 Å². The average molecular weight is 314 g/mol. The van der Waals surface area contributed by atoms with Gasteiger partial charge < -0.3 is 15.7 Å². The van der Waals surface area contributed by atoms with E-state index < -0.39 is 0 Å². The van der Waals surface area contributed by atoms with E-state index in [1.807, 2.05) is 22.9 Å². The number of benzene rings is 1. The second-order valence-corrected chi connectivity index (χ2v) is 6.59. The van der Waals surface area contributed by atoms with Gasteiger partial charge in [-0.1, -0.05) is 32.0 Å². The lowest BCUT2D eigenvalue weighted by molar-refractivity contribution is 0.146. The third-order valence-corrected chi connectivity index (χ3v) is 4.42. The lowest BCUT2D eigenvalue weighted by Crippen LogP contribution is -2.30. The smallest absolute Gasteiger partial charge is 0.0716 e. The summed E-state index contributed by atoms with van der Waals surface area (Å²) in [5.41, 5.74) is 3.44. The summed E-state index contributed by atoms with van der Waals surface area (Å²) in [4.78, 5) is 0. The molecule has 2 atom stereocenters. The minimum absolute atomic E-state index is 0.237. The Bertz CT molecular complexity index is 623. The number of hydrogen-bond acceptors (Lipinski definition) is 4. The topological polar surface area (TPSA) is 62.1 Å². The normalized spacial score (nSPS) is 21.2. The molecule has 1 aromatic heterocycles. The van der Waals surface area contributed by atoms with Crippen molar-refractivity contribution in [1.29, 1.82) is 0 Å². The molecule has 3 N–H and O–H groups in total. The first kappa shape index (κ1) is 16.2. The van der Waals surface area contributed by atoms with Gasteiger partial charge >= 0.3 is 0 Å². The molecular formula is C18H26N4O. The van der Waals surface area contributed by atoms with Gasteiger partial charge in [-0.15, -0.1) is 0 Å². The van der Waals surface area contributed by atoms with E-state index in [0.717, 1.165) is 31.0 Å². The first-order valence-corrected chi connectivity index (χ1v) is 8.38. The molecule has 3 rings (SSSR count). The van der Waals surface area contributed by atoms with Gasteiger partial charge in [-0.25, -0.2) is 4.68 Å². The molecule has 0 radical (unpaired) electrons. The molecule has 0 amide bonds. The fourth-order valence-electron chi connectivity index (χ4n) is 3.08. The molecular weight excluding hydrogens is 288 g/mol. The van der Waals surface area contributed by atoms with E-state index in [-0.39, 0.29) is 6.10 Å². The number of nitrogens with one attached hydrogen (secondary N) is 2. The summed E-state index contributed by atoms with van der Waals surface area (Å²) in [7, 11) is 0. The van der Waals surface area contributed by atoms with Gasteiger partial charge in [0, 0.05) is 43.9 Å². The molecule has 1 aromatic carbocycles. The highest BCUT2D eigenvalue weighted by molar-refractivity contribution is 5.33. The second kappa shape index (κ2) is 7.25. The standard InChI is InChI=1S/C18H26N4O/c1-13(2)18-15(10-19-8-14-9-20-11-17(14)23)12-22(21-18)16-6-4-3-5-7-16/h3-7,12-14,17,19-20,23H,8-11H2,1-2H3. The molecule has 2 heterocycles. The Balaban J connectivity index is 1.69. The van der Waals surface area contributed by atoms with Crippen LogP contribution in [-0.4, -0.2) is 40.6 Å². The molecule has 2 unspecified atom stereocenters. The van der Waals surface area contributed by atoms with Crippen LogP contribution in [0.5, 0.6) is 0 Å². The summed E-state index contributed by atoms with van der Waals surface area (Å²) in [5, 5.41) is 21.3. The largest absolute Gasteiger partial charge is 0.391 e. The van der Waals surface area contributed by atoms with Gasteiger partial charge in [0.15, 0.2) is 0 Å². The van der Waals surface area contributed by atoms with Crippen molar-refractivity contribution in [3.8, 4) is 5.69 Å². The maximum Gasteiger partial charge on any atom is 0.0716 e. The van der Waals surface area contributed by atoms with Crippen LogP contribution in [0.15, 0.2) is 36.5 Å². The van der Waals surface area contributed by atoms with E-state index in [9.17, 15) is 5.11 Å². The Labute approximate surface area is 137 Å². The molecule has 1 aliphatic rings. The van der Waals surface area contributed by atoms with Crippen LogP contribution in [0.25, 0.3) is 5.69 Å². The fraction of sp³-hybridized carbons (Fsp3) is 0.500. The highest BCUT2D eigenvalue weighted by atomic mass is 16.3. The lowest BCUT2D eigenvalue weighted by atomic mass is 10.0. The molecule has 1 fully saturated rings. The predicted octanol–water partition coefficient (Wildman–Crippen LogP) is 1.67. The van der Waals surface area contributed by atoms with Crippen LogP contribution in [0.3, 0.4) is 0 Å².